The molecule has 0 aliphatic carbocycles. The molecular weight excluding hydrogens is 128 g/mol. The lowest BCUT2D eigenvalue weighted by atomic mass is 9.96. The minimum atomic E-state index is -0.557. The molecule has 0 spiro atoms. The number of aldehydes is 1. The van der Waals surface area contributed by atoms with Gasteiger partial charge >= 0.3 is 0 Å². The Hall–Kier alpha value is -0.630. The average molecular weight is 140 g/mol. The predicted octanol–water partition coefficient (Wildman–Crippen LogP) is 1.31. The Morgan fingerprint density at radius 2 is 2.50 bits per heavy atom. The van der Waals surface area contributed by atoms with E-state index in [0.717, 1.165) is 12.7 Å². The van der Waals surface area contributed by atoms with Crippen LogP contribution in [0, 0.1) is 0 Å². The van der Waals surface area contributed by atoms with Crippen molar-refractivity contribution in [2.45, 2.75) is 25.9 Å². The fraction of sp³-hybridized carbons (Fsp3) is 0.625. The molecule has 0 aromatic heterocycles. The van der Waals surface area contributed by atoms with Gasteiger partial charge in [0.1, 0.15) is 5.60 Å². The second-order valence-corrected chi connectivity index (χ2v) is 2.97. The van der Waals surface area contributed by atoms with Crippen molar-refractivity contribution in [2.24, 2.45) is 0 Å². The van der Waals surface area contributed by atoms with Crippen LogP contribution in [-0.2, 0) is 9.53 Å². The summed E-state index contributed by atoms with van der Waals surface area (Å²) in [5.74, 6) is 0. The van der Waals surface area contributed by atoms with Gasteiger partial charge in [0, 0.05) is 6.42 Å². The zero-order valence-electron chi connectivity index (χ0n) is 6.39. The van der Waals surface area contributed by atoms with E-state index in [4.69, 9.17) is 4.74 Å². The highest BCUT2D eigenvalue weighted by Gasteiger charge is 2.26. The van der Waals surface area contributed by atoms with Crippen molar-refractivity contribution in [1.82, 2.24) is 0 Å². The van der Waals surface area contributed by atoms with E-state index in [1.54, 1.807) is 0 Å². The van der Waals surface area contributed by atoms with Gasteiger partial charge in [-0.25, -0.2) is 0 Å². The van der Waals surface area contributed by atoms with Crippen LogP contribution in [0.4, 0.5) is 0 Å². The fourth-order valence-electron chi connectivity index (χ4n) is 1.13. The second kappa shape index (κ2) is 2.54. The van der Waals surface area contributed by atoms with Crippen LogP contribution in [0.15, 0.2) is 11.6 Å². The standard InChI is InChI=1S/C8H12O2/c1-7-3-4-10-8(2,5-7)6-9/h3,6H,4-5H2,1-2H3. The molecule has 0 fully saturated rings. The van der Waals surface area contributed by atoms with Gasteiger partial charge in [0.15, 0.2) is 6.29 Å². The van der Waals surface area contributed by atoms with E-state index >= 15 is 0 Å². The lowest BCUT2D eigenvalue weighted by molar-refractivity contribution is -0.128. The molecule has 1 heterocycles. The van der Waals surface area contributed by atoms with Crippen LogP contribution in [-0.4, -0.2) is 18.5 Å². The van der Waals surface area contributed by atoms with E-state index in [1.807, 2.05) is 19.9 Å². The summed E-state index contributed by atoms with van der Waals surface area (Å²) in [7, 11) is 0. The monoisotopic (exact) mass is 140 g/mol. The molecule has 0 aromatic carbocycles. The Balaban J connectivity index is 2.68. The van der Waals surface area contributed by atoms with Crippen molar-refractivity contribution in [3.05, 3.63) is 11.6 Å². The van der Waals surface area contributed by atoms with Gasteiger partial charge in [-0.3, -0.25) is 0 Å². The van der Waals surface area contributed by atoms with Crippen LogP contribution >= 0.6 is 0 Å². The summed E-state index contributed by atoms with van der Waals surface area (Å²) in [6.45, 7) is 4.40. The van der Waals surface area contributed by atoms with E-state index in [-0.39, 0.29) is 0 Å². The quantitative estimate of drug-likeness (QED) is 0.405. The summed E-state index contributed by atoms with van der Waals surface area (Å²) in [6.07, 6.45) is 3.62. The molecule has 1 aliphatic rings. The topological polar surface area (TPSA) is 26.3 Å². The van der Waals surface area contributed by atoms with E-state index < -0.39 is 5.60 Å². The molecule has 2 nitrogen and oxygen atoms in total. The third kappa shape index (κ3) is 1.45. The van der Waals surface area contributed by atoms with Crippen LogP contribution < -0.4 is 0 Å². The normalized spacial score (nSPS) is 33.2. The van der Waals surface area contributed by atoms with Crippen LogP contribution in [0.3, 0.4) is 0 Å². The Morgan fingerprint density at radius 1 is 1.80 bits per heavy atom. The predicted molar refractivity (Wildman–Crippen MR) is 38.8 cm³/mol. The third-order valence-corrected chi connectivity index (χ3v) is 1.72. The summed E-state index contributed by atoms with van der Waals surface area (Å²) in [6, 6.07) is 0. The lowest BCUT2D eigenvalue weighted by Gasteiger charge is -2.27. The molecule has 0 aromatic rings. The van der Waals surface area contributed by atoms with Crippen molar-refractivity contribution < 1.29 is 9.53 Å². The molecule has 0 radical (unpaired) electrons. The largest absolute Gasteiger partial charge is 0.363 e. The molecule has 0 bridgehead atoms. The van der Waals surface area contributed by atoms with Gasteiger partial charge in [-0.2, -0.15) is 0 Å². The maximum absolute atomic E-state index is 10.5. The Bertz CT molecular complexity index is 172. The first-order valence-electron chi connectivity index (χ1n) is 3.42. The van der Waals surface area contributed by atoms with E-state index in [0.29, 0.717) is 6.61 Å². The molecule has 56 valence electrons. The molecule has 1 atom stereocenters. The minimum Gasteiger partial charge on any atom is -0.363 e. The first-order valence-corrected chi connectivity index (χ1v) is 3.42. The Kier molecular flexibility index (Phi) is 1.90. The number of carbonyl (C=O) groups excluding carboxylic acids is 1. The van der Waals surface area contributed by atoms with E-state index in [2.05, 4.69) is 0 Å². The molecule has 2 heteroatoms. The Morgan fingerprint density at radius 3 is 2.90 bits per heavy atom. The highest BCUT2D eigenvalue weighted by Crippen LogP contribution is 2.22. The number of hydrogen-bond donors (Lipinski definition) is 0. The summed E-state index contributed by atoms with van der Waals surface area (Å²) in [5.41, 5.74) is 0.680. The summed E-state index contributed by atoms with van der Waals surface area (Å²) in [4.78, 5) is 10.5. The van der Waals surface area contributed by atoms with Gasteiger partial charge in [-0.1, -0.05) is 11.6 Å². The van der Waals surface area contributed by atoms with Gasteiger partial charge < -0.3 is 9.53 Å². The van der Waals surface area contributed by atoms with Crippen LogP contribution in [0.1, 0.15) is 20.3 Å². The van der Waals surface area contributed by atoms with Gasteiger partial charge in [-0.05, 0) is 13.8 Å². The molecule has 1 aliphatic heterocycles. The number of ether oxygens (including phenoxy) is 1. The first kappa shape index (κ1) is 7.48. The summed E-state index contributed by atoms with van der Waals surface area (Å²) >= 11 is 0. The van der Waals surface area contributed by atoms with E-state index in [9.17, 15) is 4.79 Å². The SMILES string of the molecule is CC1=CCOC(C)(C=O)C1. The van der Waals surface area contributed by atoms with Crippen LogP contribution in [0.25, 0.3) is 0 Å². The Labute approximate surface area is 60.9 Å². The number of hydrogen-bond acceptors (Lipinski definition) is 2. The fourth-order valence-corrected chi connectivity index (χ4v) is 1.13. The molecular formula is C8H12O2. The van der Waals surface area contributed by atoms with Gasteiger partial charge in [0.05, 0.1) is 6.61 Å². The zero-order chi connectivity index (χ0) is 7.61. The van der Waals surface area contributed by atoms with Crippen LogP contribution in [0.5, 0.6) is 0 Å². The average Bonchev–Trinajstić information content (AvgIpc) is 1.88. The number of rotatable bonds is 1. The summed E-state index contributed by atoms with van der Waals surface area (Å²) < 4.78 is 5.24. The van der Waals surface area contributed by atoms with Gasteiger partial charge in [0.25, 0.3) is 0 Å². The van der Waals surface area contributed by atoms with E-state index in [1.165, 1.54) is 5.57 Å². The maximum Gasteiger partial charge on any atom is 0.151 e. The molecule has 1 unspecified atom stereocenters. The highest BCUT2D eigenvalue weighted by molar-refractivity contribution is 5.62. The lowest BCUT2D eigenvalue weighted by Crippen LogP contribution is -2.33. The zero-order valence-corrected chi connectivity index (χ0v) is 6.39. The molecule has 0 saturated carbocycles. The molecule has 0 N–H and O–H groups in total. The molecule has 1 rings (SSSR count). The van der Waals surface area contributed by atoms with Crippen molar-refractivity contribution in [3.63, 3.8) is 0 Å². The third-order valence-electron chi connectivity index (χ3n) is 1.72. The smallest absolute Gasteiger partial charge is 0.151 e. The molecule has 0 saturated heterocycles. The van der Waals surface area contributed by atoms with Crippen molar-refractivity contribution in [1.29, 1.82) is 0 Å². The van der Waals surface area contributed by atoms with Gasteiger partial charge in [0.2, 0.25) is 0 Å². The summed E-state index contributed by atoms with van der Waals surface area (Å²) in [5, 5.41) is 0. The van der Waals surface area contributed by atoms with Crippen LogP contribution in [0.2, 0.25) is 0 Å². The minimum absolute atomic E-state index is 0.557. The van der Waals surface area contributed by atoms with Crippen molar-refractivity contribution >= 4 is 6.29 Å². The molecule has 10 heavy (non-hydrogen) atoms. The van der Waals surface area contributed by atoms with Crippen molar-refractivity contribution in [3.8, 4) is 0 Å². The van der Waals surface area contributed by atoms with Crippen molar-refractivity contribution in [2.75, 3.05) is 6.61 Å². The maximum atomic E-state index is 10.5. The highest BCUT2D eigenvalue weighted by atomic mass is 16.5. The van der Waals surface area contributed by atoms with Gasteiger partial charge in [-0.15, -0.1) is 0 Å². The molecule has 0 amide bonds. The second-order valence-electron chi connectivity index (χ2n) is 2.97. The first-order chi connectivity index (χ1) is 4.66. The number of carbonyl (C=O) groups is 1.